The van der Waals surface area contributed by atoms with Crippen molar-refractivity contribution in [3.63, 3.8) is 0 Å². The predicted octanol–water partition coefficient (Wildman–Crippen LogP) is 0.704. The maximum absolute atomic E-state index is 11.5. The van der Waals surface area contributed by atoms with Crippen molar-refractivity contribution in [1.82, 2.24) is 0 Å². The van der Waals surface area contributed by atoms with E-state index in [1.54, 1.807) is 6.08 Å². The maximum atomic E-state index is 11.5. The highest BCUT2D eigenvalue weighted by Gasteiger charge is 2.47. The van der Waals surface area contributed by atoms with Crippen molar-refractivity contribution >= 4 is 5.97 Å². The van der Waals surface area contributed by atoms with Crippen LogP contribution >= 0.6 is 0 Å². The summed E-state index contributed by atoms with van der Waals surface area (Å²) in [4.78, 5) is 11.5. The van der Waals surface area contributed by atoms with Crippen molar-refractivity contribution in [2.45, 2.75) is 56.7 Å². The zero-order valence-corrected chi connectivity index (χ0v) is 10.9. The van der Waals surface area contributed by atoms with Gasteiger partial charge < -0.3 is 19.7 Å². The average molecular weight is 268 g/mol. The van der Waals surface area contributed by atoms with Crippen molar-refractivity contribution < 1.29 is 24.5 Å². The van der Waals surface area contributed by atoms with Crippen LogP contribution in [-0.4, -0.2) is 46.7 Å². The molecule has 2 aliphatic rings. The van der Waals surface area contributed by atoms with Gasteiger partial charge >= 0.3 is 5.97 Å². The standard InChI is InChI=1S/C14H20O5/c1-9-5-3-2-4-6-10(15)13-14(19-13)11(16)7-8-12(17)18-9/h4,6-11,13-16H,2-3,5H2,1H3/t9-,10-,11+,13+,14-/m0/s1. The number of allylic oxidation sites excluding steroid dienone is 1. The summed E-state index contributed by atoms with van der Waals surface area (Å²) in [6.45, 7) is 1.84. The summed E-state index contributed by atoms with van der Waals surface area (Å²) in [5.74, 6) is -0.461. The molecule has 2 N–H and O–H groups in total. The number of esters is 1. The summed E-state index contributed by atoms with van der Waals surface area (Å²) in [7, 11) is 0. The van der Waals surface area contributed by atoms with Crippen LogP contribution in [0.25, 0.3) is 0 Å². The predicted molar refractivity (Wildman–Crippen MR) is 68.4 cm³/mol. The number of ether oxygens (including phenoxy) is 2. The summed E-state index contributed by atoms with van der Waals surface area (Å²) < 4.78 is 10.4. The molecular weight excluding hydrogens is 248 g/mol. The van der Waals surface area contributed by atoms with E-state index in [0.29, 0.717) is 0 Å². The summed E-state index contributed by atoms with van der Waals surface area (Å²) in [6, 6.07) is 0. The molecule has 0 aromatic heterocycles. The van der Waals surface area contributed by atoms with Crippen LogP contribution in [0, 0.1) is 0 Å². The van der Waals surface area contributed by atoms with E-state index in [1.165, 1.54) is 12.2 Å². The van der Waals surface area contributed by atoms with Crippen molar-refractivity contribution in [2.75, 3.05) is 0 Å². The quantitative estimate of drug-likeness (QED) is 0.384. The molecule has 106 valence electrons. The Bertz CT molecular complexity index is 376. The van der Waals surface area contributed by atoms with Crippen molar-refractivity contribution in [1.29, 1.82) is 0 Å². The van der Waals surface area contributed by atoms with Gasteiger partial charge in [-0.15, -0.1) is 0 Å². The van der Waals surface area contributed by atoms with Crippen LogP contribution in [-0.2, 0) is 14.3 Å². The molecule has 1 saturated heterocycles. The van der Waals surface area contributed by atoms with E-state index in [4.69, 9.17) is 9.47 Å². The number of fused-ring (bicyclic) bond motifs is 1. The van der Waals surface area contributed by atoms with E-state index < -0.39 is 30.4 Å². The first-order valence-electron chi connectivity index (χ1n) is 6.65. The third kappa shape index (κ3) is 4.16. The topological polar surface area (TPSA) is 79.3 Å². The number of hydrogen-bond donors (Lipinski definition) is 2. The lowest BCUT2D eigenvalue weighted by Gasteiger charge is -2.11. The Hall–Kier alpha value is -1.17. The number of carbonyl (C=O) groups excluding carboxylic acids is 1. The normalized spacial score (nSPS) is 40.2. The zero-order chi connectivity index (χ0) is 13.8. The summed E-state index contributed by atoms with van der Waals surface area (Å²) >= 11 is 0. The number of epoxide rings is 1. The van der Waals surface area contributed by atoms with E-state index in [9.17, 15) is 15.0 Å². The molecule has 5 nitrogen and oxygen atoms in total. The van der Waals surface area contributed by atoms with Gasteiger partial charge in [-0.3, -0.25) is 0 Å². The molecule has 0 aromatic carbocycles. The van der Waals surface area contributed by atoms with E-state index in [2.05, 4.69) is 0 Å². The SMILES string of the molecule is C[C@H]1CCCC=C[C@H](O)[C@H]2O[C@H]2[C@H](O)C=CC(=O)O1. The van der Waals surface area contributed by atoms with Gasteiger partial charge in [-0.2, -0.15) is 0 Å². The van der Waals surface area contributed by atoms with Crippen molar-refractivity contribution in [2.24, 2.45) is 0 Å². The zero-order valence-electron chi connectivity index (χ0n) is 10.9. The van der Waals surface area contributed by atoms with Crippen LogP contribution in [0.15, 0.2) is 24.3 Å². The number of aliphatic hydroxyl groups is 2. The second-order valence-corrected chi connectivity index (χ2v) is 5.01. The van der Waals surface area contributed by atoms with Gasteiger partial charge in [0, 0.05) is 6.08 Å². The first-order valence-corrected chi connectivity index (χ1v) is 6.65. The number of aliphatic hydroxyl groups excluding tert-OH is 2. The Balaban J connectivity index is 2.00. The number of cyclic esters (lactones) is 1. The van der Waals surface area contributed by atoms with Crippen LogP contribution in [0.5, 0.6) is 0 Å². The maximum Gasteiger partial charge on any atom is 0.330 e. The fraction of sp³-hybridized carbons (Fsp3) is 0.643. The lowest BCUT2D eigenvalue weighted by molar-refractivity contribution is -0.142. The molecule has 2 aliphatic heterocycles. The highest BCUT2D eigenvalue weighted by atomic mass is 16.6. The van der Waals surface area contributed by atoms with Crippen LogP contribution in [0.2, 0.25) is 0 Å². The van der Waals surface area contributed by atoms with E-state index >= 15 is 0 Å². The summed E-state index contributed by atoms with van der Waals surface area (Å²) in [5.41, 5.74) is 0. The van der Waals surface area contributed by atoms with E-state index in [1.807, 2.05) is 13.0 Å². The monoisotopic (exact) mass is 268 g/mol. The summed E-state index contributed by atoms with van der Waals surface area (Å²) in [5, 5.41) is 19.6. The van der Waals surface area contributed by atoms with Gasteiger partial charge in [0.25, 0.3) is 0 Å². The van der Waals surface area contributed by atoms with Gasteiger partial charge in [-0.25, -0.2) is 4.79 Å². The van der Waals surface area contributed by atoms with Crippen LogP contribution in [0.4, 0.5) is 0 Å². The highest BCUT2D eigenvalue weighted by Crippen LogP contribution is 2.30. The molecule has 0 aliphatic carbocycles. The van der Waals surface area contributed by atoms with Gasteiger partial charge in [-0.1, -0.05) is 12.2 Å². The Morgan fingerprint density at radius 2 is 1.89 bits per heavy atom. The lowest BCUT2D eigenvalue weighted by atomic mass is 10.1. The molecular formula is C14H20O5. The van der Waals surface area contributed by atoms with Gasteiger partial charge in [-0.05, 0) is 32.3 Å². The average Bonchev–Trinajstić information content (AvgIpc) is 3.14. The number of carbonyl (C=O) groups is 1. The summed E-state index contributed by atoms with van der Waals surface area (Å²) in [6.07, 6.45) is 6.02. The molecule has 0 spiro atoms. The molecule has 0 amide bonds. The molecule has 0 unspecified atom stereocenters. The first-order chi connectivity index (χ1) is 9.08. The second kappa shape index (κ2) is 6.32. The third-order valence-electron chi connectivity index (χ3n) is 3.30. The van der Waals surface area contributed by atoms with Gasteiger partial charge in [0.2, 0.25) is 0 Å². The largest absolute Gasteiger partial charge is 0.460 e. The third-order valence-corrected chi connectivity index (χ3v) is 3.30. The molecule has 0 aromatic rings. The Kier molecular flexibility index (Phi) is 4.74. The lowest BCUT2D eigenvalue weighted by Crippen LogP contribution is -2.21. The molecule has 5 heteroatoms. The minimum absolute atomic E-state index is 0.152. The van der Waals surface area contributed by atoms with Crippen LogP contribution < -0.4 is 0 Å². The number of hydrogen-bond acceptors (Lipinski definition) is 5. The Morgan fingerprint density at radius 1 is 1.21 bits per heavy atom. The van der Waals surface area contributed by atoms with Crippen molar-refractivity contribution in [3.8, 4) is 0 Å². The van der Waals surface area contributed by atoms with E-state index in [0.717, 1.165) is 19.3 Å². The molecule has 2 heterocycles. The first kappa shape index (κ1) is 14.2. The van der Waals surface area contributed by atoms with Gasteiger partial charge in [0.05, 0.1) is 6.10 Å². The fourth-order valence-corrected chi connectivity index (χ4v) is 2.14. The van der Waals surface area contributed by atoms with Crippen LogP contribution in [0.1, 0.15) is 26.2 Å². The smallest absolute Gasteiger partial charge is 0.330 e. The molecule has 2 rings (SSSR count). The van der Waals surface area contributed by atoms with Crippen LogP contribution in [0.3, 0.4) is 0 Å². The molecule has 1 fully saturated rings. The molecule has 5 atom stereocenters. The fourth-order valence-electron chi connectivity index (χ4n) is 2.14. The van der Waals surface area contributed by atoms with E-state index in [-0.39, 0.29) is 6.10 Å². The number of rotatable bonds is 0. The second-order valence-electron chi connectivity index (χ2n) is 5.01. The molecule has 0 bridgehead atoms. The van der Waals surface area contributed by atoms with Gasteiger partial charge in [0.1, 0.15) is 24.4 Å². The Morgan fingerprint density at radius 3 is 2.63 bits per heavy atom. The molecule has 0 saturated carbocycles. The Labute approximate surface area is 112 Å². The van der Waals surface area contributed by atoms with Crippen molar-refractivity contribution in [3.05, 3.63) is 24.3 Å². The minimum Gasteiger partial charge on any atom is -0.460 e. The minimum atomic E-state index is -0.904. The molecule has 19 heavy (non-hydrogen) atoms. The molecule has 0 radical (unpaired) electrons. The highest BCUT2D eigenvalue weighted by molar-refractivity contribution is 5.82. The van der Waals surface area contributed by atoms with Gasteiger partial charge in [0.15, 0.2) is 0 Å².